The molecule has 0 radical (unpaired) electrons. The Bertz CT molecular complexity index is 466. The smallest absolute Gasteiger partial charge is 0.257 e. The molecule has 18 heavy (non-hydrogen) atoms. The fraction of sp³-hybridized carbons (Fsp3) is 0.538. The molecule has 0 spiro atoms. The average molecular weight is 285 g/mol. The molecule has 98 valence electrons. The highest BCUT2D eigenvalue weighted by Crippen LogP contribution is 2.27. The van der Waals surface area contributed by atoms with Gasteiger partial charge in [-0.25, -0.2) is 0 Å². The van der Waals surface area contributed by atoms with Crippen LogP contribution >= 0.6 is 23.4 Å². The van der Waals surface area contributed by atoms with Crippen LogP contribution in [0.25, 0.3) is 0 Å². The minimum absolute atomic E-state index is 0.00727. The molecule has 1 amide bonds. The van der Waals surface area contributed by atoms with Gasteiger partial charge >= 0.3 is 0 Å². The van der Waals surface area contributed by atoms with Crippen LogP contribution < -0.4 is 0 Å². The summed E-state index contributed by atoms with van der Waals surface area (Å²) in [5.74, 6) is 0.973. The van der Waals surface area contributed by atoms with Crippen LogP contribution in [0.15, 0.2) is 12.3 Å². The number of halogens is 1. The molecule has 1 aromatic heterocycles. The largest absolute Gasteiger partial charge is 0.334 e. The Kier molecular flexibility index (Phi) is 4.17. The van der Waals surface area contributed by atoms with Crippen LogP contribution in [-0.4, -0.2) is 39.4 Å². The van der Waals surface area contributed by atoms with Gasteiger partial charge < -0.3 is 4.90 Å². The number of carbonyl (C=O) groups excluding carboxylic acids is 1. The van der Waals surface area contributed by atoms with Crippen LogP contribution in [0.1, 0.15) is 29.9 Å². The summed E-state index contributed by atoms with van der Waals surface area (Å²) in [7, 11) is 0. The second-order valence-electron chi connectivity index (χ2n) is 4.62. The fourth-order valence-electron chi connectivity index (χ4n) is 2.06. The summed E-state index contributed by atoms with van der Waals surface area (Å²) in [6, 6.07) is 1.97. The summed E-state index contributed by atoms with van der Waals surface area (Å²) >= 11 is 8.04. The normalized spacial score (nSPS) is 24.1. The Hall–Kier alpha value is -0.740. The molecule has 0 aliphatic carbocycles. The lowest BCUT2D eigenvalue weighted by Crippen LogP contribution is -2.48. The van der Waals surface area contributed by atoms with Crippen LogP contribution in [0.3, 0.4) is 0 Å². The fourth-order valence-corrected chi connectivity index (χ4v) is 3.45. The molecule has 1 aliphatic rings. The monoisotopic (exact) mass is 284 g/mol. The van der Waals surface area contributed by atoms with Crippen LogP contribution in [0, 0.1) is 6.92 Å². The lowest BCUT2D eigenvalue weighted by molar-refractivity contribution is 0.0698. The Labute approximate surface area is 117 Å². The number of thioether (sulfide) groups is 1. The highest BCUT2D eigenvalue weighted by Gasteiger charge is 2.30. The van der Waals surface area contributed by atoms with Crippen molar-refractivity contribution < 1.29 is 4.79 Å². The Morgan fingerprint density at radius 3 is 2.94 bits per heavy atom. The second-order valence-corrected chi connectivity index (χ2v) is 6.51. The lowest BCUT2D eigenvalue weighted by atomic mass is 10.1. The molecule has 0 N–H and O–H groups in total. The maximum Gasteiger partial charge on any atom is 0.257 e. The van der Waals surface area contributed by atoms with E-state index in [1.54, 1.807) is 12.3 Å². The zero-order valence-corrected chi connectivity index (χ0v) is 12.4. The van der Waals surface area contributed by atoms with Crippen LogP contribution in [0.5, 0.6) is 0 Å². The Morgan fingerprint density at radius 2 is 2.28 bits per heavy atom. The highest BCUT2D eigenvalue weighted by atomic mass is 35.5. The molecule has 1 saturated heterocycles. The Balaban J connectivity index is 2.25. The molecule has 2 unspecified atom stereocenters. The van der Waals surface area contributed by atoms with E-state index in [4.69, 9.17) is 11.6 Å². The molecule has 0 bridgehead atoms. The topological polar surface area (TPSA) is 33.2 Å². The SMILES string of the molecule is Cc1cc(Cl)c(C(=O)N2CCSC(C)C2C)cn1. The van der Waals surface area contributed by atoms with Crippen LogP contribution in [-0.2, 0) is 0 Å². The van der Waals surface area contributed by atoms with Gasteiger partial charge in [-0.05, 0) is 19.9 Å². The van der Waals surface area contributed by atoms with E-state index < -0.39 is 0 Å². The van der Waals surface area contributed by atoms with E-state index in [0.29, 0.717) is 15.8 Å². The van der Waals surface area contributed by atoms with E-state index in [9.17, 15) is 4.79 Å². The number of pyridine rings is 1. The summed E-state index contributed by atoms with van der Waals surface area (Å²) in [6.45, 7) is 6.88. The quantitative estimate of drug-likeness (QED) is 0.795. The summed E-state index contributed by atoms with van der Waals surface area (Å²) < 4.78 is 0. The number of aryl methyl sites for hydroxylation is 1. The molecular formula is C13H17ClN2OS. The minimum Gasteiger partial charge on any atom is -0.334 e. The van der Waals surface area contributed by atoms with Crippen molar-refractivity contribution in [3.8, 4) is 0 Å². The van der Waals surface area contributed by atoms with Crippen molar-refractivity contribution in [1.82, 2.24) is 9.88 Å². The lowest BCUT2D eigenvalue weighted by Gasteiger charge is -2.37. The number of rotatable bonds is 1. The molecule has 5 heteroatoms. The molecule has 2 rings (SSSR count). The first-order valence-corrected chi connectivity index (χ1v) is 7.48. The number of hydrogen-bond acceptors (Lipinski definition) is 3. The van der Waals surface area contributed by atoms with Crippen molar-refractivity contribution in [3.63, 3.8) is 0 Å². The molecule has 2 atom stereocenters. The minimum atomic E-state index is -0.00727. The van der Waals surface area contributed by atoms with Crippen molar-refractivity contribution in [2.75, 3.05) is 12.3 Å². The third kappa shape index (κ3) is 2.64. The van der Waals surface area contributed by atoms with Gasteiger partial charge in [0.15, 0.2) is 0 Å². The third-order valence-electron chi connectivity index (χ3n) is 3.37. The van der Waals surface area contributed by atoms with Gasteiger partial charge in [-0.2, -0.15) is 11.8 Å². The van der Waals surface area contributed by atoms with Gasteiger partial charge in [0.2, 0.25) is 0 Å². The summed E-state index contributed by atoms with van der Waals surface area (Å²) in [5.41, 5.74) is 1.33. The number of amides is 1. The molecule has 3 nitrogen and oxygen atoms in total. The highest BCUT2D eigenvalue weighted by molar-refractivity contribution is 8.00. The first kappa shape index (κ1) is 13.7. The number of nitrogens with zero attached hydrogens (tertiary/aromatic N) is 2. The summed E-state index contributed by atoms with van der Waals surface area (Å²) in [6.07, 6.45) is 1.58. The molecule has 1 aliphatic heterocycles. The van der Waals surface area contributed by atoms with Crippen LogP contribution in [0.2, 0.25) is 5.02 Å². The van der Waals surface area contributed by atoms with Gasteiger partial charge in [0.05, 0.1) is 10.6 Å². The van der Waals surface area contributed by atoms with Gasteiger partial charge in [0.25, 0.3) is 5.91 Å². The molecule has 1 aromatic rings. The van der Waals surface area contributed by atoms with Gasteiger partial charge in [0, 0.05) is 35.5 Å². The predicted octanol–water partition coefficient (Wildman–Crippen LogP) is 3.01. The van der Waals surface area contributed by atoms with Gasteiger partial charge in [-0.3, -0.25) is 9.78 Å². The van der Waals surface area contributed by atoms with Gasteiger partial charge in [-0.15, -0.1) is 0 Å². The van der Waals surface area contributed by atoms with E-state index in [1.807, 2.05) is 23.6 Å². The van der Waals surface area contributed by atoms with Gasteiger partial charge in [-0.1, -0.05) is 18.5 Å². The maximum atomic E-state index is 12.5. The standard InChI is InChI=1S/C13H17ClN2OS/c1-8-6-12(14)11(7-15-8)13(17)16-4-5-18-10(3)9(16)2/h6-7,9-10H,4-5H2,1-3H3. The van der Waals surface area contributed by atoms with E-state index in [-0.39, 0.29) is 11.9 Å². The van der Waals surface area contributed by atoms with Gasteiger partial charge in [0.1, 0.15) is 0 Å². The average Bonchev–Trinajstić information content (AvgIpc) is 2.32. The van der Waals surface area contributed by atoms with Crippen molar-refractivity contribution in [1.29, 1.82) is 0 Å². The predicted molar refractivity (Wildman–Crippen MR) is 76.4 cm³/mol. The van der Waals surface area contributed by atoms with Crippen molar-refractivity contribution in [3.05, 3.63) is 28.5 Å². The number of hydrogen-bond donors (Lipinski definition) is 0. The molecule has 0 aromatic carbocycles. The zero-order chi connectivity index (χ0) is 13.3. The third-order valence-corrected chi connectivity index (χ3v) is 5.02. The Morgan fingerprint density at radius 1 is 1.56 bits per heavy atom. The molecule has 1 fully saturated rings. The van der Waals surface area contributed by atoms with E-state index in [1.165, 1.54) is 0 Å². The van der Waals surface area contributed by atoms with Crippen molar-refractivity contribution in [2.45, 2.75) is 32.1 Å². The summed E-state index contributed by atoms with van der Waals surface area (Å²) in [5, 5.41) is 0.950. The van der Waals surface area contributed by atoms with Crippen molar-refractivity contribution >= 4 is 29.3 Å². The van der Waals surface area contributed by atoms with Crippen LogP contribution in [0.4, 0.5) is 0 Å². The first-order valence-electron chi connectivity index (χ1n) is 6.05. The van der Waals surface area contributed by atoms with E-state index in [0.717, 1.165) is 18.0 Å². The maximum absolute atomic E-state index is 12.5. The molecule has 2 heterocycles. The number of aromatic nitrogens is 1. The first-order chi connectivity index (χ1) is 8.50. The molecule has 0 saturated carbocycles. The molecular weight excluding hydrogens is 268 g/mol. The zero-order valence-electron chi connectivity index (χ0n) is 10.8. The summed E-state index contributed by atoms with van der Waals surface area (Å²) in [4.78, 5) is 18.5. The number of carbonyl (C=O) groups is 1. The van der Waals surface area contributed by atoms with E-state index in [2.05, 4.69) is 18.8 Å². The van der Waals surface area contributed by atoms with E-state index >= 15 is 0 Å². The van der Waals surface area contributed by atoms with Crippen molar-refractivity contribution in [2.24, 2.45) is 0 Å². The second kappa shape index (κ2) is 5.49.